The largest absolute Gasteiger partial charge is 0.506 e. The molecule has 1 aliphatic heterocycles. The van der Waals surface area contributed by atoms with Gasteiger partial charge in [0.1, 0.15) is 5.75 Å². The topological polar surface area (TPSA) is 72.9 Å². The molecule has 1 saturated heterocycles. The van der Waals surface area contributed by atoms with Crippen LogP contribution in [0.25, 0.3) is 0 Å². The Morgan fingerprint density at radius 3 is 2.42 bits per heavy atom. The van der Waals surface area contributed by atoms with Crippen molar-refractivity contribution in [2.45, 2.75) is 6.54 Å². The standard InChI is InChI=1S/C19H20ClN3O3/c20-15-6-7-17(24)16(12-15)21-18(25)19(26)23-10-8-22(9-11-23)13-14-4-2-1-3-5-14/h1-7,12,24H,8-11,13H2,(H,21,25). The summed E-state index contributed by atoms with van der Waals surface area (Å²) in [7, 11) is 0. The molecule has 1 aliphatic rings. The number of piperazine rings is 1. The number of nitrogens with zero attached hydrogens (tertiary/aromatic N) is 2. The highest BCUT2D eigenvalue weighted by atomic mass is 35.5. The fraction of sp³-hybridized carbons (Fsp3) is 0.263. The van der Waals surface area contributed by atoms with Gasteiger partial charge in [-0.15, -0.1) is 0 Å². The zero-order valence-corrected chi connectivity index (χ0v) is 14.9. The number of phenols is 1. The molecular weight excluding hydrogens is 354 g/mol. The molecule has 0 atom stereocenters. The van der Waals surface area contributed by atoms with Crippen LogP contribution in [0, 0.1) is 0 Å². The third kappa shape index (κ3) is 4.53. The molecule has 0 aliphatic carbocycles. The first-order valence-electron chi connectivity index (χ1n) is 8.38. The Morgan fingerprint density at radius 1 is 1.04 bits per heavy atom. The SMILES string of the molecule is O=C(Nc1cc(Cl)ccc1O)C(=O)N1CCN(Cc2ccccc2)CC1. The fourth-order valence-corrected chi connectivity index (χ4v) is 3.05. The van der Waals surface area contributed by atoms with E-state index < -0.39 is 11.8 Å². The van der Waals surface area contributed by atoms with Crippen molar-refractivity contribution in [2.24, 2.45) is 0 Å². The van der Waals surface area contributed by atoms with Crippen molar-refractivity contribution in [3.8, 4) is 5.75 Å². The molecule has 2 N–H and O–H groups in total. The Bertz CT molecular complexity index is 790. The van der Waals surface area contributed by atoms with Gasteiger partial charge in [0.25, 0.3) is 0 Å². The number of benzene rings is 2. The molecule has 136 valence electrons. The van der Waals surface area contributed by atoms with Gasteiger partial charge >= 0.3 is 11.8 Å². The number of hydrogen-bond acceptors (Lipinski definition) is 4. The number of carbonyl (C=O) groups is 2. The van der Waals surface area contributed by atoms with Crippen molar-refractivity contribution in [1.82, 2.24) is 9.80 Å². The van der Waals surface area contributed by atoms with Gasteiger partial charge in [-0.2, -0.15) is 0 Å². The van der Waals surface area contributed by atoms with Crippen LogP contribution in [-0.4, -0.2) is 52.9 Å². The second-order valence-corrected chi connectivity index (χ2v) is 6.61. The molecule has 0 spiro atoms. The lowest BCUT2D eigenvalue weighted by Crippen LogP contribution is -2.51. The van der Waals surface area contributed by atoms with E-state index in [9.17, 15) is 14.7 Å². The zero-order chi connectivity index (χ0) is 18.5. The van der Waals surface area contributed by atoms with Crippen molar-refractivity contribution in [1.29, 1.82) is 0 Å². The summed E-state index contributed by atoms with van der Waals surface area (Å²) >= 11 is 5.85. The number of halogens is 1. The second-order valence-electron chi connectivity index (χ2n) is 6.17. The van der Waals surface area contributed by atoms with E-state index in [0.29, 0.717) is 31.2 Å². The summed E-state index contributed by atoms with van der Waals surface area (Å²) in [6, 6.07) is 14.4. The second kappa shape index (κ2) is 8.21. The molecule has 1 heterocycles. The Balaban J connectivity index is 1.53. The number of nitrogens with one attached hydrogen (secondary N) is 1. The number of anilines is 1. The maximum atomic E-state index is 12.3. The number of phenolic OH excluding ortho intramolecular Hbond substituents is 1. The van der Waals surface area contributed by atoms with Gasteiger partial charge in [0.05, 0.1) is 5.69 Å². The van der Waals surface area contributed by atoms with Crippen LogP contribution in [0.4, 0.5) is 5.69 Å². The van der Waals surface area contributed by atoms with Crippen molar-refractivity contribution < 1.29 is 14.7 Å². The lowest BCUT2D eigenvalue weighted by molar-refractivity contribution is -0.144. The third-order valence-corrected chi connectivity index (χ3v) is 4.54. The summed E-state index contributed by atoms with van der Waals surface area (Å²) in [5, 5.41) is 12.5. The van der Waals surface area contributed by atoms with Crippen LogP contribution in [0.5, 0.6) is 5.75 Å². The van der Waals surface area contributed by atoms with Gasteiger partial charge in [-0.3, -0.25) is 14.5 Å². The minimum Gasteiger partial charge on any atom is -0.506 e. The maximum absolute atomic E-state index is 12.3. The Morgan fingerprint density at radius 2 is 1.73 bits per heavy atom. The highest BCUT2D eigenvalue weighted by molar-refractivity contribution is 6.40. The molecule has 6 nitrogen and oxygen atoms in total. The smallest absolute Gasteiger partial charge is 0.314 e. The van der Waals surface area contributed by atoms with Gasteiger partial charge in [0.2, 0.25) is 0 Å². The molecule has 0 radical (unpaired) electrons. The van der Waals surface area contributed by atoms with Crippen LogP contribution in [-0.2, 0) is 16.1 Å². The minimum absolute atomic E-state index is 0.124. The Kier molecular flexibility index (Phi) is 5.75. The number of carbonyl (C=O) groups excluding carboxylic acids is 2. The minimum atomic E-state index is -0.779. The van der Waals surface area contributed by atoms with Gasteiger partial charge in [-0.1, -0.05) is 41.9 Å². The molecule has 0 aromatic heterocycles. The first kappa shape index (κ1) is 18.2. The molecule has 2 aromatic rings. The van der Waals surface area contributed by atoms with E-state index in [-0.39, 0.29) is 11.4 Å². The molecule has 2 aromatic carbocycles. The molecule has 0 bridgehead atoms. The van der Waals surface area contributed by atoms with E-state index in [1.54, 1.807) is 0 Å². The molecule has 7 heteroatoms. The van der Waals surface area contributed by atoms with Crippen LogP contribution >= 0.6 is 11.6 Å². The monoisotopic (exact) mass is 373 g/mol. The average Bonchev–Trinajstić information content (AvgIpc) is 2.65. The van der Waals surface area contributed by atoms with Crippen molar-refractivity contribution in [2.75, 3.05) is 31.5 Å². The van der Waals surface area contributed by atoms with Gasteiger partial charge in [-0.25, -0.2) is 0 Å². The molecule has 1 fully saturated rings. The highest BCUT2D eigenvalue weighted by Crippen LogP contribution is 2.26. The van der Waals surface area contributed by atoms with E-state index in [1.165, 1.54) is 28.7 Å². The summed E-state index contributed by atoms with van der Waals surface area (Å²) in [5.41, 5.74) is 1.35. The first-order chi connectivity index (χ1) is 12.5. The Labute approximate surface area is 157 Å². The number of rotatable bonds is 3. The van der Waals surface area contributed by atoms with E-state index in [4.69, 9.17) is 11.6 Å². The summed E-state index contributed by atoms with van der Waals surface area (Å²) < 4.78 is 0. The molecule has 2 amide bonds. The van der Waals surface area contributed by atoms with Gasteiger partial charge in [0, 0.05) is 37.7 Å². The normalized spacial score (nSPS) is 14.9. The maximum Gasteiger partial charge on any atom is 0.314 e. The van der Waals surface area contributed by atoms with E-state index in [2.05, 4.69) is 22.3 Å². The van der Waals surface area contributed by atoms with E-state index >= 15 is 0 Å². The number of hydrogen-bond donors (Lipinski definition) is 2. The number of amides is 2. The predicted molar refractivity (Wildman–Crippen MR) is 100 cm³/mol. The van der Waals surface area contributed by atoms with Crippen molar-refractivity contribution in [3.63, 3.8) is 0 Å². The summed E-state index contributed by atoms with van der Waals surface area (Å²) in [6.45, 7) is 3.21. The summed E-state index contributed by atoms with van der Waals surface area (Å²) in [4.78, 5) is 28.3. The van der Waals surface area contributed by atoms with E-state index in [0.717, 1.165) is 6.54 Å². The van der Waals surface area contributed by atoms with Gasteiger partial charge in [0.15, 0.2) is 0 Å². The Hall–Kier alpha value is -2.57. The van der Waals surface area contributed by atoms with Gasteiger partial charge < -0.3 is 15.3 Å². The van der Waals surface area contributed by atoms with Crippen LogP contribution in [0.1, 0.15) is 5.56 Å². The number of aromatic hydroxyl groups is 1. The van der Waals surface area contributed by atoms with E-state index in [1.807, 2.05) is 18.2 Å². The quantitative estimate of drug-likeness (QED) is 0.639. The molecule has 26 heavy (non-hydrogen) atoms. The lowest BCUT2D eigenvalue weighted by atomic mass is 10.2. The average molecular weight is 374 g/mol. The molecule has 3 rings (SSSR count). The fourth-order valence-electron chi connectivity index (χ4n) is 2.88. The third-order valence-electron chi connectivity index (χ3n) is 4.31. The van der Waals surface area contributed by atoms with Crippen LogP contribution in [0.2, 0.25) is 5.02 Å². The summed E-state index contributed by atoms with van der Waals surface area (Å²) in [5.74, 6) is -1.52. The van der Waals surface area contributed by atoms with Crippen molar-refractivity contribution >= 4 is 29.1 Å². The zero-order valence-electron chi connectivity index (χ0n) is 14.2. The highest BCUT2D eigenvalue weighted by Gasteiger charge is 2.26. The lowest BCUT2D eigenvalue weighted by Gasteiger charge is -2.34. The van der Waals surface area contributed by atoms with Gasteiger partial charge in [-0.05, 0) is 23.8 Å². The molecule has 0 saturated carbocycles. The van der Waals surface area contributed by atoms with Crippen LogP contribution < -0.4 is 5.32 Å². The molecule has 0 unspecified atom stereocenters. The summed E-state index contributed by atoms with van der Waals surface area (Å²) in [6.07, 6.45) is 0. The van der Waals surface area contributed by atoms with Crippen LogP contribution in [0.15, 0.2) is 48.5 Å². The first-order valence-corrected chi connectivity index (χ1v) is 8.76. The predicted octanol–water partition coefficient (Wildman–Crippen LogP) is 2.33. The molecular formula is C19H20ClN3O3. The van der Waals surface area contributed by atoms with Crippen LogP contribution in [0.3, 0.4) is 0 Å². The van der Waals surface area contributed by atoms with Crippen molar-refractivity contribution in [3.05, 3.63) is 59.1 Å².